The van der Waals surface area contributed by atoms with Crippen molar-refractivity contribution in [3.8, 4) is 11.3 Å². The number of carbonyl (C=O) groups is 1. The van der Waals surface area contributed by atoms with E-state index in [0.29, 0.717) is 16.8 Å². The number of aromatic carboxylic acids is 1. The molecule has 88 valence electrons. The van der Waals surface area contributed by atoms with Gasteiger partial charge in [0.05, 0.1) is 11.0 Å². The fraction of sp³-hybridized carbons (Fsp3) is 0. The Bertz CT molecular complexity index is 736. The lowest BCUT2D eigenvalue weighted by molar-refractivity contribution is 0.0686. The average Bonchev–Trinajstić information content (AvgIpc) is 2.88. The molecule has 6 nitrogen and oxygen atoms in total. The van der Waals surface area contributed by atoms with Crippen molar-refractivity contribution >= 4 is 17.0 Å². The van der Waals surface area contributed by atoms with E-state index in [2.05, 4.69) is 15.1 Å². The smallest absolute Gasteiger partial charge is 0.358 e. The summed E-state index contributed by atoms with van der Waals surface area (Å²) in [5.41, 5.74) is 2.06. The summed E-state index contributed by atoms with van der Waals surface area (Å²) in [7, 11) is 0. The predicted octanol–water partition coefficient (Wildman–Crippen LogP) is 1.98. The highest BCUT2D eigenvalue weighted by atomic mass is 16.5. The Kier molecular flexibility index (Phi) is 2.26. The first kappa shape index (κ1) is 10.4. The zero-order valence-corrected chi connectivity index (χ0v) is 9.07. The lowest BCUT2D eigenvalue weighted by Gasteiger charge is -1.98. The van der Waals surface area contributed by atoms with E-state index >= 15 is 0 Å². The number of aromatic nitrogens is 3. The van der Waals surface area contributed by atoms with Gasteiger partial charge in [-0.25, -0.2) is 4.79 Å². The first-order valence-electron chi connectivity index (χ1n) is 5.15. The fourth-order valence-corrected chi connectivity index (χ4v) is 1.63. The Morgan fingerprint density at radius 2 is 1.89 bits per heavy atom. The van der Waals surface area contributed by atoms with Crippen molar-refractivity contribution in [3.05, 3.63) is 42.4 Å². The van der Waals surface area contributed by atoms with Crippen molar-refractivity contribution in [2.45, 2.75) is 0 Å². The number of benzene rings is 1. The monoisotopic (exact) mass is 241 g/mol. The maximum atomic E-state index is 10.7. The van der Waals surface area contributed by atoms with E-state index in [4.69, 9.17) is 9.63 Å². The molecule has 0 aliphatic carbocycles. The number of carboxylic acid groups (broad SMARTS) is 1. The number of hydrogen-bond donors (Lipinski definition) is 1. The van der Waals surface area contributed by atoms with Crippen LogP contribution >= 0.6 is 0 Å². The summed E-state index contributed by atoms with van der Waals surface area (Å²) in [5.74, 6) is -0.731. The van der Waals surface area contributed by atoms with Crippen LogP contribution in [0.3, 0.4) is 0 Å². The van der Waals surface area contributed by atoms with E-state index in [0.717, 1.165) is 5.52 Å². The molecule has 0 fully saturated rings. The normalized spacial score (nSPS) is 10.7. The van der Waals surface area contributed by atoms with Crippen molar-refractivity contribution in [2.24, 2.45) is 0 Å². The highest BCUT2D eigenvalue weighted by Gasteiger charge is 2.12. The Labute approximate surface area is 101 Å². The second-order valence-electron chi connectivity index (χ2n) is 3.64. The Balaban J connectivity index is 2.10. The van der Waals surface area contributed by atoms with Crippen molar-refractivity contribution in [2.75, 3.05) is 0 Å². The SMILES string of the molecule is O=C(O)c1cc(-c2ccc3nccnc3c2)on1. The minimum absolute atomic E-state index is 0.121. The van der Waals surface area contributed by atoms with Crippen molar-refractivity contribution in [3.63, 3.8) is 0 Å². The summed E-state index contributed by atoms with van der Waals surface area (Å²) < 4.78 is 4.98. The van der Waals surface area contributed by atoms with E-state index in [1.165, 1.54) is 6.07 Å². The largest absolute Gasteiger partial charge is 0.476 e. The predicted molar refractivity (Wildman–Crippen MR) is 62.0 cm³/mol. The van der Waals surface area contributed by atoms with Gasteiger partial charge >= 0.3 is 5.97 Å². The summed E-state index contributed by atoms with van der Waals surface area (Å²) in [4.78, 5) is 19.0. The summed E-state index contributed by atoms with van der Waals surface area (Å²) in [6, 6.07) is 6.72. The van der Waals surface area contributed by atoms with E-state index in [1.807, 2.05) is 0 Å². The van der Waals surface area contributed by atoms with E-state index in [1.54, 1.807) is 30.6 Å². The van der Waals surface area contributed by atoms with Gasteiger partial charge in [0.1, 0.15) is 0 Å². The first-order valence-corrected chi connectivity index (χ1v) is 5.15. The third-order valence-corrected chi connectivity index (χ3v) is 2.48. The topological polar surface area (TPSA) is 89.1 Å². The van der Waals surface area contributed by atoms with Crippen LogP contribution in [0.5, 0.6) is 0 Å². The van der Waals surface area contributed by atoms with Gasteiger partial charge < -0.3 is 9.63 Å². The van der Waals surface area contributed by atoms with Gasteiger partial charge in [-0.3, -0.25) is 9.97 Å². The van der Waals surface area contributed by atoms with Gasteiger partial charge in [-0.05, 0) is 18.2 Å². The van der Waals surface area contributed by atoms with Gasteiger partial charge in [0.2, 0.25) is 0 Å². The molecule has 0 aliphatic heterocycles. The molecule has 3 aromatic rings. The van der Waals surface area contributed by atoms with Crippen molar-refractivity contribution in [1.82, 2.24) is 15.1 Å². The molecule has 1 aromatic carbocycles. The van der Waals surface area contributed by atoms with E-state index < -0.39 is 5.97 Å². The van der Waals surface area contributed by atoms with Crippen LogP contribution in [0, 0.1) is 0 Å². The minimum atomic E-state index is -1.12. The molecule has 2 aromatic heterocycles. The van der Waals surface area contributed by atoms with Crippen molar-refractivity contribution < 1.29 is 14.4 Å². The van der Waals surface area contributed by atoms with Gasteiger partial charge in [0, 0.05) is 24.0 Å². The molecule has 0 aliphatic rings. The summed E-state index contributed by atoms with van der Waals surface area (Å²) in [5, 5.41) is 12.2. The molecule has 0 saturated carbocycles. The van der Waals surface area contributed by atoms with Gasteiger partial charge in [-0.15, -0.1) is 0 Å². The number of carboxylic acids is 1. The molecule has 0 radical (unpaired) electrons. The molecule has 3 rings (SSSR count). The third kappa shape index (κ3) is 1.69. The van der Waals surface area contributed by atoms with Crippen LogP contribution in [0.15, 0.2) is 41.2 Å². The minimum Gasteiger partial charge on any atom is -0.476 e. The number of nitrogens with zero attached hydrogens (tertiary/aromatic N) is 3. The van der Waals surface area contributed by atoms with Crippen LogP contribution < -0.4 is 0 Å². The van der Waals surface area contributed by atoms with Crippen LogP contribution in [0.25, 0.3) is 22.4 Å². The van der Waals surface area contributed by atoms with Gasteiger partial charge in [0.15, 0.2) is 11.5 Å². The molecule has 2 heterocycles. The molecular formula is C12H7N3O3. The molecule has 6 heteroatoms. The Hall–Kier alpha value is -2.76. The first-order chi connectivity index (χ1) is 8.74. The fourth-order valence-electron chi connectivity index (χ4n) is 1.63. The van der Waals surface area contributed by atoms with E-state index in [-0.39, 0.29) is 5.69 Å². The zero-order chi connectivity index (χ0) is 12.5. The van der Waals surface area contributed by atoms with Crippen LogP contribution in [0.2, 0.25) is 0 Å². The quantitative estimate of drug-likeness (QED) is 0.737. The molecule has 0 saturated heterocycles. The highest BCUT2D eigenvalue weighted by Crippen LogP contribution is 2.23. The average molecular weight is 241 g/mol. The Morgan fingerprint density at radius 3 is 2.61 bits per heavy atom. The van der Waals surface area contributed by atoms with Gasteiger partial charge in [0.25, 0.3) is 0 Å². The maximum Gasteiger partial charge on any atom is 0.358 e. The molecule has 0 unspecified atom stereocenters. The van der Waals surface area contributed by atoms with Crippen molar-refractivity contribution in [1.29, 1.82) is 0 Å². The number of rotatable bonds is 2. The highest BCUT2D eigenvalue weighted by molar-refractivity contribution is 5.87. The molecular weight excluding hydrogens is 234 g/mol. The molecule has 1 N–H and O–H groups in total. The summed E-state index contributed by atoms with van der Waals surface area (Å²) in [6.07, 6.45) is 3.20. The Morgan fingerprint density at radius 1 is 1.11 bits per heavy atom. The summed E-state index contributed by atoms with van der Waals surface area (Å²) in [6.45, 7) is 0. The van der Waals surface area contributed by atoms with Crippen LogP contribution in [0.1, 0.15) is 10.5 Å². The van der Waals surface area contributed by atoms with Gasteiger partial charge in [-0.2, -0.15) is 0 Å². The molecule has 0 atom stereocenters. The molecule has 0 spiro atoms. The van der Waals surface area contributed by atoms with Gasteiger partial charge in [-0.1, -0.05) is 5.16 Å². The third-order valence-electron chi connectivity index (χ3n) is 2.48. The number of fused-ring (bicyclic) bond motifs is 1. The molecule has 18 heavy (non-hydrogen) atoms. The molecule has 0 bridgehead atoms. The second kappa shape index (κ2) is 3.92. The van der Waals surface area contributed by atoms with Crippen LogP contribution in [0.4, 0.5) is 0 Å². The number of hydrogen-bond acceptors (Lipinski definition) is 5. The zero-order valence-electron chi connectivity index (χ0n) is 9.07. The second-order valence-corrected chi connectivity index (χ2v) is 3.64. The standard InChI is InChI=1S/C12H7N3O3/c16-12(17)10-6-11(18-15-10)7-1-2-8-9(5-7)14-4-3-13-8/h1-6H,(H,16,17). The maximum absolute atomic E-state index is 10.7. The van der Waals surface area contributed by atoms with E-state index in [9.17, 15) is 4.79 Å². The lowest BCUT2D eigenvalue weighted by atomic mass is 10.1. The van der Waals surface area contributed by atoms with Crippen LogP contribution in [-0.2, 0) is 0 Å². The molecule has 0 amide bonds. The summed E-state index contributed by atoms with van der Waals surface area (Å²) >= 11 is 0. The lowest BCUT2D eigenvalue weighted by Crippen LogP contribution is -1.94. The van der Waals surface area contributed by atoms with Crippen LogP contribution in [-0.4, -0.2) is 26.2 Å².